The Kier molecular flexibility index (Phi) is 3.39. The highest BCUT2D eigenvalue weighted by atomic mass is 32.2. The lowest BCUT2D eigenvalue weighted by Gasteiger charge is -2.22. The van der Waals surface area contributed by atoms with Gasteiger partial charge in [-0.2, -0.15) is 4.72 Å². The van der Waals surface area contributed by atoms with Gasteiger partial charge in [0.2, 0.25) is 15.9 Å². The van der Waals surface area contributed by atoms with Crippen LogP contribution in [-0.4, -0.2) is 33.5 Å². The Balaban J connectivity index is 1.82. The molecule has 1 saturated heterocycles. The topological polar surface area (TPSA) is 84.5 Å². The minimum atomic E-state index is -3.68. The van der Waals surface area contributed by atoms with Crippen LogP contribution in [0, 0.1) is 0 Å². The van der Waals surface area contributed by atoms with Gasteiger partial charge in [-0.05, 0) is 36.6 Å². The highest BCUT2D eigenvalue weighted by molar-refractivity contribution is 7.89. The van der Waals surface area contributed by atoms with Crippen molar-refractivity contribution in [3.8, 4) is 5.75 Å². The van der Waals surface area contributed by atoms with Gasteiger partial charge >= 0.3 is 0 Å². The average Bonchev–Trinajstić information content (AvgIpc) is 2.88. The Morgan fingerprint density at radius 1 is 1.35 bits per heavy atom. The molecule has 0 spiro atoms. The number of hydrogen-bond donors (Lipinski definition) is 2. The maximum absolute atomic E-state index is 12.3. The predicted molar refractivity (Wildman–Crippen MR) is 72.0 cm³/mol. The van der Waals surface area contributed by atoms with Gasteiger partial charge in [0.1, 0.15) is 11.8 Å². The molecule has 0 saturated carbocycles. The zero-order chi connectivity index (χ0) is 14.2. The third-order valence-electron chi connectivity index (χ3n) is 3.55. The lowest BCUT2D eigenvalue weighted by Crippen LogP contribution is -2.50. The van der Waals surface area contributed by atoms with Crippen molar-refractivity contribution in [1.82, 2.24) is 10.0 Å². The summed E-state index contributed by atoms with van der Waals surface area (Å²) in [5.74, 6) is 0.476. The monoisotopic (exact) mass is 296 g/mol. The van der Waals surface area contributed by atoms with Crippen molar-refractivity contribution >= 4 is 15.9 Å². The van der Waals surface area contributed by atoms with Crippen LogP contribution in [0.4, 0.5) is 0 Å². The molecule has 0 radical (unpaired) electrons. The number of nitrogens with one attached hydrogen (secondary N) is 2. The largest absolute Gasteiger partial charge is 0.493 e. The van der Waals surface area contributed by atoms with E-state index in [-0.39, 0.29) is 10.8 Å². The smallest absolute Gasteiger partial charge is 0.241 e. The molecule has 1 atom stereocenters. The van der Waals surface area contributed by atoms with Gasteiger partial charge in [0.15, 0.2) is 0 Å². The molecule has 1 unspecified atom stereocenters. The van der Waals surface area contributed by atoms with Crippen molar-refractivity contribution < 1.29 is 17.9 Å². The van der Waals surface area contributed by atoms with Gasteiger partial charge in [-0.25, -0.2) is 8.42 Å². The number of hydrogen-bond acceptors (Lipinski definition) is 4. The molecule has 2 aliphatic rings. The summed E-state index contributed by atoms with van der Waals surface area (Å²) < 4.78 is 32.5. The summed E-state index contributed by atoms with van der Waals surface area (Å²) in [4.78, 5) is 11.8. The molecule has 108 valence electrons. The van der Waals surface area contributed by atoms with E-state index in [4.69, 9.17) is 4.74 Å². The van der Waals surface area contributed by atoms with Gasteiger partial charge in [0, 0.05) is 13.0 Å². The normalized spacial score (nSPS) is 22.0. The third-order valence-corrected chi connectivity index (χ3v) is 5.02. The number of carbonyl (C=O) groups is 1. The number of ether oxygens (including phenoxy) is 1. The van der Waals surface area contributed by atoms with E-state index in [1.54, 1.807) is 12.1 Å². The molecule has 0 aromatic heterocycles. The van der Waals surface area contributed by atoms with Gasteiger partial charge < -0.3 is 10.1 Å². The lowest BCUT2D eigenvalue weighted by molar-refractivity contribution is -0.124. The minimum Gasteiger partial charge on any atom is -0.493 e. The van der Waals surface area contributed by atoms with E-state index in [2.05, 4.69) is 10.0 Å². The number of carbonyl (C=O) groups excluding carboxylic acids is 1. The molecule has 1 fully saturated rings. The van der Waals surface area contributed by atoms with Crippen molar-refractivity contribution in [2.75, 3.05) is 13.2 Å². The maximum Gasteiger partial charge on any atom is 0.241 e. The van der Waals surface area contributed by atoms with Crippen molar-refractivity contribution in [2.24, 2.45) is 0 Å². The van der Waals surface area contributed by atoms with E-state index in [9.17, 15) is 13.2 Å². The molecule has 2 N–H and O–H groups in total. The van der Waals surface area contributed by atoms with Crippen LogP contribution in [-0.2, 0) is 21.2 Å². The van der Waals surface area contributed by atoms with E-state index in [1.165, 1.54) is 6.07 Å². The molecule has 2 aliphatic heterocycles. The molecule has 7 heteroatoms. The second-order valence-corrected chi connectivity index (χ2v) is 6.69. The Bertz CT molecular complexity index is 642. The summed E-state index contributed by atoms with van der Waals surface area (Å²) in [6.45, 7) is 1.19. The standard InChI is InChI=1S/C13H16N2O4S/c16-13-11(2-1-6-14-13)15-20(17,18)10-3-4-12-9(8-10)5-7-19-12/h3-4,8,11,15H,1-2,5-7H2,(H,14,16). The Labute approximate surface area is 117 Å². The van der Waals surface area contributed by atoms with Gasteiger partial charge in [0.25, 0.3) is 0 Å². The van der Waals surface area contributed by atoms with E-state index >= 15 is 0 Å². The van der Waals surface area contributed by atoms with Crippen LogP contribution in [0.1, 0.15) is 18.4 Å². The molecular weight excluding hydrogens is 280 g/mol. The molecule has 1 amide bonds. The molecule has 0 aliphatic carbocycles. The molecule has 1 aromatic rings. The van der Waals surface area contributed by atoms with Crippen LogP contribution in [0.2, 0.25) is 0 Å². The van der Waals surface area contributed by atoms with E-state index in [0.717, 1.165) is 17.7 Å². The zero-order valence-corrected chi connectivity index (χ0v) is 11.7. The first-order valence-electron chi connectivity index (χ1n) is 6.62. The van der Waals surface area contributed by atoms with Gasteiger partial charge in [-0.15, -0.1) is 0 Å². The van der Waals surface area contributed by atoms with Crippen molar-refractivity contribution in [2.45, 2.75) is 30.2 Å². The van der Waals surface area contributed by atoms with Crippen molar-refractivity contribution in [3.63, 3.8) is 0 Å². The van der Waals surface area contributed by atoms with Crippen LogP contribution in [0.15, 0.2) is 23.1 Å². The highest BCUT2D eigenvalue weighted by Crippen LogP contribution is 2.27. The quantitative estimate of drug-likeness (QED) is 0.833. The molecule has 20 heavy (non-hydrogen) atoms. The molecule has 0 bridgehead atoms. The summed E-state index contributed by atoms with van der Waals surface area (Å²) in [5.41, 5.74) is 0.890. The summed E-state index contributed by atoms with van der Waals surface area (Å²) in [7, 11) is -3.68. The number of rotatable bonds is 3. The molecule has 1 aromatic carbocycles. The summed E-state index contributed by atoms with van der Waals surface area (Å²) >= 11 is 0. The molecule has 6 nitrogen and oxygen atoms in total. The molecular formula is C13H16N2O4S. The SMILES string of the molecule is O=C1NCCCC1NS(=O)(=O)c1ccc2c(c1)CCO2. The number of sulfonamides is 1. The van der Waals surface area contributed by atoms with Crippen molar-refractivity contribution in [1.29, 1.82) is 0 Å². The fraction of sp³-hybridized carbons (Fsp3) is 0.462. The first-order chi connectivity index (χ1) is 9.56. The number of benzene rings is 1. The first-order valence-corrected chi connectivity index (χ1v) is 8.10. The second kappa shape index (κ2) is 5.06. The van der Waals surface area contributed by atoms with Crippen LogP contribution in [0.3, 0.4) is 0 Å². The van der Waals surface area contributed by atoms with Crippen LogP contribution in [0.5, 0.6) is 5.75 Å². The fourth-order valence-corrected chi connectivity index (χ4v) is 3.75. The minimum absolute atomic E-state index is 0.181. The van der Waals surface area contributed by atoms with Gasteiger partial charge in [-0.3, -0.25) is 4.79 Å². The second-order valence-electron chi connectivity index (χ2n) is 4.98. The predicted octanol–water partition coefficient (Wildman–Crippen LogP) is 0.178. The summed E-state index contributed by atoms with van der Waals surface area (Å²) in [5, 5.41) is 2.66. The van der Waals surface area contributed by atoms with E-state index in [0.29, 0.717) is 26.0 Å². The number of amides is 1. The first kappa shape index (κ1) is 13.4. The van der Waals surface area contributed by atoms with E-state index in [1.807, 2.05) is 0 Å². The van der Waals surface area contributed by atoms with Crippen LogP contribution < -0.4 is 14.8 Å². The number of piperidine rings is 1. The third kappa shape index (κ3) is 2.51. The number of fused-ring (bicyclic) bond motifs is 1. The summed E-state index contributed by atoms with van der Waals surface area (Å²) in [6.07, 6.45) is 2.01. The fourth-order valence-electron chi connectivity index (χ4n) is 2.47. The van der Waals surface area contributed by atoms with Crippen LogP contribution >= 0.6 is 0 Å². The molecule has 2 heterocycles. The Morgan fingerprint density at radius 2 is 2.20 bits per heavy atom. The lowest BCUT2D eigenvalue weighted by atomic mass is 10.1. The van der Waals surface area contributed by atoms with E-state index < -0.39 is 16.1 Å². The summed E-state index contributed by atoms with van der Waals surface area (Å²) in [6, 6.07) is 4.11. The maximum atomic E-state index is 12.3. The average molecular weight is 296 g/mol. The van der Waals surface area contributed by atoms with Crippen molar-refractivity contribution in [3.05, 3.63) is 23.8 Å². The Hall–Kier alpha value is -1.60. The zero-order valence-electron chi connectivity index (χ0n) is 10.9. The molecule has 3 rings (SSSR count). The van der Waals surface area contributed by atoms with Crippen LogP contribution in [0.25, 0.3) is 0 Å². The Morgan fingerprint density at radius 3 is 3.00 bits per heavy atom. The van der Waals surface area contributed by atoms with Gasteiger partial charge in [-0.1, -0.05) is 0 Å². The van der Waals surface area contributed by atoms with Gasteiger partial charge in [0.05, 0.1) is 11.5 Å². The highest BCUT2D eigenvalue weighted by Gasteiger charge is 2.28.